The third kappa shape index (κ3) is 4.51. The van der Waals surface area contributed by atoms with E-state index in [9.17, 15) is 4.79 Å². The Morgan fingerprint density at radius 3 is 2.65 bits per heavy atom. The molecular weight excluding hydrogens is 260 g/mol. The molecule has 0 radical (unpaired) electrons. The lowest BCUT2D eigenvalue weighted by Crippen LogP contribution is -2.22. The molecule has 0 amide bonds. The minimum absolute atomic E-state index is 0.0304. The van der Waals surface area contributed by atoms with Crippen LogP contribution in [-0.4, -0.2) is 36.2 Å². The second kappa shape index (κ2) is 6.24. The fourth-order valence-electron chi connectivity index (χ4n) is 2.09. The summed E-state index contributed by atoms with van der Waals surface area (Å²) in [5.41, 5.74) is 0.763. The van der Waals surface area contributed by atoms with Gasteiger partial charge in [-0.1, -0.05) is 12.1 Å². The highest BCUT2D eigenvalue weighted by atomic mass is 16.7. The van der Waals surface area contributed by atoms with E-state index in [1.165, 1.54) is 0 Å². The molecule has 1 aliphatic heterocycles. The van der Waals surface area contributed by atoms with Crippen LogP contribution < -0.4 is 4.74 Å². The van der Waals surface area contributed by atoms with E-state index in [4.69, 9.17) is 19.3 Å². The lowest BCUT2D eigenvalue weighted by Gasteiger charge is -2.17. The largest absolute Gasteiger partial charge is 0.493 e. The summed E-state index contributed by atoms with van der Waals surface area (Å²) in [6.07, 6.45) is 0.861. The fraction of sp³-hybridized carbons (Fsp3) is 0.533. The molecular formula is C15H20O5. The Bertz CT molecular complexity index is 452. The molecule has 1 atom stereocenters. The zero-order chi connectivity index (χ0) is 14.6. The highest BCUT2D eigenvalue weighted by Gasteiger charge is 2.32. The summed E-state index contributed by atoms with van der Waals surface area (Å²) < 4.78 is 16.8. The average Bonchev–Trinajstić information content (AvgIpc) is 2.70. The minimum Gasteiger partial charge on any atom is -0.493 e. The first-order valence-corrected chi connectivity index (χ1v) is 6.70. The van der Waals surface area contributed by atoms with Crippen molar-refractivity contribution in [3.63, 3.8) is 0 Å². The Hall–Kier alpha value is -1.59. The Morgan fingerprint density at radius 1 is 1.40 bits per heavy atom. The van der Waals surface area contributed by atoms with Gasteiger partial charge in [0.25, 0.3) is 0 Å². The average molecular weight is 280 g/mol. The fourth-order valence-corrected chi connectivity index (χ4v) is 2.09. The van der Waals surface area contributed by atoms with Crippen molar-refractivity contribution in [1.82, 2.24) is 0 Å². The standard InChI is InChI=1S/C15H20O5/c1-15(2)19-10-13(20-15)7-8-18-12-5-3-11(4-6-12)9-14(16)17/h3-6,13H,7-10H2,1-2H3,(H,16,17)/t13-/m0/s1. The van der Waals surface area contributed by atoms with Crippen molar-refractivity contribution in [2.75, 3.05) is 13.2 Å². The molecule has 0 aromatic heterocycles. The van der Waals surface area contributed by atoms with E-state index in [1.807, 2.05) is 13.8 Å². The molecule has 0 aliphatic carbocycles. The number of hydrogen-bond acceptors (Lipinski definition) is 4. The van der Waals surface area contributed by atoms with Gasteiger partial charge in [-0.05, 0) is 31.5 Å². The molecule has 1 N–H and O–H groups in total. The highest BCUT2D eigenvalue weighted by molar-refractivity contribution is 5.70. The molecule has 1 aromatic carbocycles. The van der Waals surface area contributed by atoms with Gasteiger partial charge in [0.15, 0.2) is 5.79 Å². The second-order valence-corrected chi connectivity index (χ2v) is 5.30. The van der Waals surface area contributed by atoms with Crippen molar-refractivity contribution in [1.29, 1.82) is 0 Å². The lowest BCUT2D eigenvalue weighted by molar-refractivity contribution is -0.139. The van der Waals surface area contributed by atoms with Crippen LogP contribution in [0, 0.1) is 0 Å². The number of benzene rings is 1. The lowest BCUT2D eigenvalue weighted by atomic mass is 10.1. The molecule has 0 unspecified atom stereocenters. The predicted octanol–water partition coefficient (Wildman–Crippen LogP) is 2.23. The van der Waals surface area contributed by atoms with E-state index in [1.54, 1.807) is 24.3 Å². The summed E-state index contributed by atoms with van der Waals surface area (Å²) in [5, 5.41) is 8.68. The summed E-state index contributed by atoms with van der Waals surface area (Å²) in [7, 11) is 0. The maximum absolute atomic E-state index is 10.6. The van der Waals surface area contributed by atoms with Crippen LogP contribution in [0.2, 0.25) is 0 Å². The van der Waals surface area contributed by atoms with Gasteiger partial charge in [-0.2, -0.15) is 0 Å². The van der Waals surface area contributed by atoms with Gasteiger partial charge in [0.05, 0.1) is 25.7 Å². The molecule has 2 rings (SSSR count). The van der Waals surface area contributed by atoms with Gasteiger partial charge >= 0.3 is 5.97 Å². The van der Waals surface area contributed by atoms with E-state index < -0.39 is 11.8 Å². The van der Waals surface area contributed by atoms with Crippen molar-refractivity contribution in [2.45, 2.75) is 38.6 Å². The molecule has 110 valence electrons. The van der Waals surface area contributed by atoms with Crippen LogP contribution in [0.4, 0.5) is 0 Å². The quantitative estimate of drug-likeness (QED) is 0.865. The number of carbonyl (C=O) groups is 1. The van der Waals surface area contributed by atoms with Gasteiger partial charge in [-0.15, -0.1) is 0 Å². The molecule has 20 heavy (non-hydrogen) atoms. The van der Waals surface area contributed by atoms with Crippen molar-refractivity contribution in [3.05, 3.63) is 29.8 Å². The Labute approximate surface area is 118 Å². The first-order valence-electron chi connectivity index (χ1n) is 6.70. The topological polar surface area (TPSA) is 65.0 Å². The molecule has 1 heterocycles. The third-order valence-corrected chi connectivity index (χ3v) is 3.05. The van der Waals surface area contributed by atoms with Crippen LogP contribution >= 0.6 is 0 Å². The second-order valence-electron chi connectivity index (χ2n) is 5.30. The molecule has 1 fully saturated rings. The summed E-state index contributed by atoms with van der Waals surface area (Å²) in [4.78, 5) is 10.6. The number of carboxylic acids is 1. The smallest absolute Gasteiger partial charge is 0.307 e. The van der Waals surface area contributed by atoms with E-state index in [2.05, 4.69) is 0 Å². The normalized spacial score (nSPS) is 20.8. The van der Waals surface area contributed by atoms with Gasteiger partial charge in [0.1, 0.15) is 5.75 Å². The first kappa shape index (κ1) is 14.8. The van der Waals surface area contributed by atoms with Crippen molar-refractivity contribution in [2.24, 2.45) is 0 Å². The molecule has 0 spiro atoms. The third-order valence-electron chi connectivity index (χ3n) is 3.05. The van der Waals surface area contributed by atoms with E-state index in [0.29, 0.717) is 13.2 Å². The van der Waals surface area contributed by atoms with Gasteiger partial charge in [-0.3, -0.25) is 4.79 Å². The van der Waals surface area contributed by atoms with E-state index in [-0.39, 0.29) is 12.5 Å². The van der Waals surface area contributed by atoms with E-state index in [0.717, 1.165) is 17.7 Å². The first-order chi connectivity index (χ1) is 9.44. The predicted molar refractivity (Wildman–Crippen MR) is 72.8 cm³/mol. The van der Waals surface area contributed by atoms with Crippen LogP contribution in [0.15, 0.2) is 24.3 Å². The number of carboxylic acid groups (broad SMARTS) is 1. The molecule has 1 saturated heterocycles. The molecule has 1 aliphatic rings. The van der Waals surface area contributed by atoms with E-state index >= 15 is 0 Å². The molecule has 0 bridgehead atoms. The number of hydrogen-bond donors (Lipinski definition) is 1. The SMILES string of the molecule is CC1(C)OC[C@H](CCOc2ccc(CC(=O)O)cc2)O1. The zero-order valence-corrected chi connectivity index (χ0v) is 11.8. The van der Waals surface area contributed by atoms with Crippen molar-refractivity contribution in [3.8, 4) is 5.75 Å². The van der Waals surface area contributed by atoms with Crippen LogP contribution in [0.25, 0.3) is 0 Å². The summed E-state index contributed by atoms with van der Waals surface area (Å²) in [6.45, 7) is 4.93. The van der Waals surface area contributed by atoms with Gasteiger partial charge in [0, 0.05) is 6.42 Å². The Balaban J connectivity index is 1.73. The maximum Gasteiger partial charge on any atom is 0.307 e. The van der Waals surface area contributed by atoms with Crippen LogP contribution in [0.5, 0.6) is 5.75 Å². The minimum atomic E-state index is -0.834. The summed E-state index contributed by atoms with van der Waals surface area (Å²) >= 11 is 0. The number of aliphatic carboxylic acids is 1. The Kier molecular flexibility index (Phi) is 4.62. The van der Waals surface area contributed by atoms with Crippen molar-refractivity contribution < 1.29 is 24.1 Å². The Morgan fingerprint density at radius 2 is 2.10 bits per heavy atom. The number of ether oxygens (including phenoxy) is 3. The van der Waals surface area contributed by atoms with Crippen LogP contribution in [-0.2, 0) is 20.7 Å². The van der Waals surface area contributed by atoms with Gasteiger partial charge < -0.3 is 19.3 Å². The molecule has 1 aromatic rings. The zero-order valence-electron chi connectivity index (χ0n) is 11.8. The van der Waals surface area contributed by atoms with Gasteiger partial charge in [0.2, 0.25) is 0 Å². The monoisotopic (exact) mass is 280 g/mol. The van der Waals surface area contributed by atoms with Crippen molar-refractivity contribution >= 4 is 5.97 Å². The molecule has 5 nitrogen and oxygen atoms in total. The van der Waals surface area contributed by atoms with Crippen LogP contribution in [0.1, 0.15) is 25.8 Å². The highest BCUT2D eigenvalue weighted by Crippen LogP contribution is 2.24. The molecule has 0 saturated carbocycles. The maximum atomic E-state index is 10.6. The van der Waals surface area contributed by atoms with Crippen LogP contribution in [0.3, 0.4) is 0 Å². The van der Waals surface area contributed by atoms with Gasteiger partial charge in [-0.25, -0.2) is 0 Å². The summed E-state index contributed by atoms with van der Waals surface area (Å²) in [5.74, 6) is -0.597. The molecule has 5 heteroatoms. The summed E-state index contributed by atoms with van der Waals surface area (Å²) in [6, 6.07) is 7.10. The number of rotatable bonds is 6.